The van der Waals surface area contributed by atoms with Crippen LogP contribution in [0.4, 0.5) is 18.0 Å². The Morgan fingerprint density at radius 2 is 1.52 bits per heavy atom. The molecule has 1 aromatic carbocycles. The lowest BCUT2D eigenvalue weighted by Crippen LogP contribution is -2.66. The molecule has 0 spiro atoms. The summed E-state index contributed by atoms with van der Waals surface area (Å²) in [5.74, 6) is -4.96. The fourth-order valence-electron chi connectivity index (χ4n) is 2.99. The fourth-order valence-corrected chi connectivity index (χ4v) is 2.99. The number of amides is 3. The topological polar surface area (TPSA) is 102 Å². The van der Waals surface area contributed by atoms with E-state index in [0.29, 0.717) is 0 Å². The van der Waals surface area contributed by atoms with Crippen molar-refractivity contribution in [1.29, 1.82) is 0 Å². The highest BCUT2D eigenvalue weighted by atomic mass is 19.4. The minimum Gasteiger partial charge on any atom is -0.444 e. The smallest absolute Gasteiger partial charge is 0.422 e. The van der Waals surface area contributed by atoms with E-state index in [4.69, 9.17) is 4.74 Å². The average Bonchev–Trinajstić information content (AvgIpc) is 2.83. The highest BCUT2D eigenvalue weighted by molar-refractivity contribution is 6.21. The first kappa shape index (κ1) is 24.2. The van der Waals surface area contributed by atoms with Gasteiger partial charge in [-0.3, -0.25) is 14.9 Å². The van der Waals surface area contributed by atoms with E-state index >= 15 is 0 Å². The second kappa shape index (κ2) is 8.20. The molecule has 170 valence electrons. The van der Waals surface area contributed by atoms with Gasteiger partial charge in [-0.2, -0.15) is 13.2 Å². The summed E-state index contributed by atoms with van der Waals surface area (Å²) in [7, 11) is 0. The van der Waals surface area contributed by atoms with E-state index in [1.54, 1.807) is 5.32 Å². The van der Waals surface area contributed by atoms with Crippen molar-refractivity contribution in [2.45, 2.75) is 58.4 Å². The molecule has 0 saturated carbocycles. The predicted octanol–water partition coefficient (Wildman–Crippen LogP) is 3.61. The maximum absolute atomic E-state index is 14.2. The Kier molecular flexibility index (Phi) is 6.39. The third-order valence-corrected chi connectivity index (χ3v) is 4.19. The molecule has 8 nitrogen and oxygen atoms in total. The van der Waals surface area contributed by atoms with Gasteiger partial charge in [-0.1, -0.05) is 31.0 Å². The summed E-state index contributed by atoms with van der Waals surface area (Å²) in [4.78, 5) is 54.4. The number of fused-ring (bicyclic) bond motifs is 1. The molecular formula is C20H23F3N2O6. The Morgan fingerprint density at radius 1 is 1.03 bits per heavy atom. The van der Waals surface area contributed by atoms with E-state index in [-0.39, 0.29) is 16.2 Å². The van der Waals surface area contributed by atoms with Crippen LogP contribution in [0.15, 0.2) is 24.3 Å². The minimum atomic E-state index is -5.33. The highest BCUT2D eigenvalue weighted by Gasteiger charge is 2.64. The summed E-state index contributed by atoms with van der Waals surface area (Å²) in [6.45, 7) is 7.09. The Balaban J connectivity index is 2.41. The van der Waals surface area contributed by atoms with E-state index in [2.05, 4.69) is 4.84 Å². The van der Waals surface area contributed by atoms with Gasteiger partial charge in [-0.25, -0.2) is 9.59 Å². The number of nitrogens with one attached hydrogen (secondary N) is 1. The van der Waals surface area contributed by atoms with Crippen molar-refractivity contribution >= 4 is 23.9 Å². The number of ether oxygens (including phenoxy) is 1. The van der Waals surface area contributed by atoms with Crippen LogP contribution in [0.25, 0.3) is 0 Å². The molecule has 0 aromatic heterocycles. The lowest BCUT2D eigenvalue weighted by molar-refractivity contribution is -0.228. The number of halogens is 3. The first-order valence-corrected chi connectivity index (χ1v) is 9.37. The Morgan fingerprint density at radius 3 is 1.90 bits per heavy atom. The normalized spacial score (nSPS) is 16.1. The van der Waals surface area contributed by atoms with Crippen molar-refractivity contribution in [1.82, 2.24) is 10.4 Å². The van der Waals surface area contributed by atoms with Crippen LogP contribution in [0.5, 0.6) is 0 Å². The zero-order valence-electron chi connectivity index (χ0n) is 17.6. The third-order valence-electron chi connectivity index (χ3n) is 4.19. The van der Waals surface area contributed by atoms with Crippen molar-refractivity contribution < 1.29 is 41.9 Å². The van der Waals surface area contributed by atoms with Gasteiger partial charge in [0, 0.05) is 0 Å². The number of imide groups is 1. The molecule has 1 aliphatic heterocycles. The average molecular weight is 444 g/mol. The highest BCUT2D eigenvalue weighted by Crippen LogP contribution is 2.38. The van der Waals surface area contributed by atoms with Crippen molar-refractivity contribution in [2.24, 2.45) is 5.92 Å². The van der Waals surface area contributed by atoms with E-state index in [0.717, 1.165) is 0 Å². The van der Waals surface area contributed by atoms with Crippen molar-refractivity contribution in [2.75, 3.05) is 0 Å². The van der Waals surface area contributed by atoms with Crippen LogP contribution >= 0.6 is 0 Å². The van der Waals surface area contributed by atoms with E-state index in [1.807, 2.05) is 0 Å². The van der Waals surface area contributed by atoms with Gasteiger partial charge < -0.3 is 9.57 Å². The largest absolute Gasteiger partial charge is 0.444 e. The Bertz CT molecular complexity index is 872. The quantitative estimate of drug-likeness (QED) is 0.696. The van der Waals surface area contributed by atoms with Gasteiger partial charge in [-0.05, 0) is 45.2 Å². The van der Waals surface area contributed by atoms with Gasteiger partial charge in [0.15, 0.2) is 0 Å². The summed E-state index contributed by atoms with van der Waals surface area (Å²) in [5.41, 5.74) is -4.95. The molecule has 2 rings (SSSR count). The monoisotopic (exact) mass is 444 g/mol. The van der Waals surface area contributed by atoms with Crippen LogP contribution < -0.4 is 5.32 Å². The van der Waals surface area contributed by atoms with Crippen molar-refractivity contribution in [3.63, 3.8) is 0 Å². The molecule has 1 aromatic rings. The van der Waals surface area contributed by atoms with E-state index in [9.17, 15) is 32.3 Å². The van der Waals surface area contributed by atoms with E-state index in [1.165, 1.54) is 58.9 Å². The third kappa shape index (κ3) is 4.97. The Hall–Kier alpha value is -3.11. The fraction of sp³-hybridized carbons (Fsp3) is 0.500. The van der Waals surface area contributed by atoms with Gasteiger partial charge in [-0.15, -0.1) is 0 Å². The number of hydroxylamine groups is 2. The second-order valence-corrected chi connectivity index (χ2v) is 8.46. The standard InChI is InChI=1S/C20H23F3N2O6/c1-11(2)10-19(20(21,22)23,24-17(29)30-18(3,4)5)16(28)31-25-14(26)12-8-6-7-9-13(12)15(25)27/h6-9,11H,10H2,1-5H3,(H,24,29). The molecule has 0 fully saturated rings. The SMILES string of the molecule is CC(C)CC(NC(=O)OC(C)(C)C)(C(=O)ON1C(=O)c2ccccc2C1=O)C(F)(F)F. The molecule has 0 bridgehead atoms. The van der Waals surface area contributed by atoms with Gasteiger partial charge in [0.25, 0.3) is 11.8 Å². The lowest BCUT2D eigenvalue weighted by Gasteiger charge is -2.36. The molecule has 0 saturated heterocycles. The Labute approximate surface area is 176 Å². The molecule has 0 radical (unpaired) electrons. The molecule has 1 heterocycles. The first-order chi connectivity index (χ1) is 14.1. The van der Waals surface area contributed by atoms with Crippen LogP contribution in [-0.4, -0.2) is 46.3 Å². The molecule has 31 heavy (non-hydrogen) atoms. The molecular weight excluding hydrogens is 421 g/mol. The lowest BCUT2D eigenvalue weighted by atomic mass is 9.88. The van der Waals surface area contributed by atoms with Gasteiger partial charge in [0.2, 0.25) is 5.54 Å². The first-order valence-electron chi connectivity index (χ1n) is 9.37. The number of carbonyl (C=O) groups is 4. The number of carbonyl (C=O) groups excluding carboxylic acids is 4. The van der Waals surface area contributed by atoms with Gasteiger partial charge >= 0.3 is 18.2 Å². The maximum Gasteiger partial charge on any atom is 0.422 e. The summed E-state index contributed by atoms with van der Waals surface area (Å²) in [6, 6.07) is 5.43. The van der Waals surface area contributed by atoms with Crippen LogP contribution in [0.1, 0.15) is 61.8 Å². The molecule has 3 amide bonds. The number of alkyl carbamates (subject to hydrolysis) is 1. The second-order valence-electron chi connectivity index (χ2n) is 8.46. The summed E-state index contributed by atoms with van der Waals surface area (Å²) < 4.78 is 47.3. The summed E-state index contributed by atoms with van der Waals surface area (Å²) in [6.07, 6.45) is -7.76. The number of alkyl halides is 3. The molecule has 0 aliphatic carbocycles. The zero-order valence-corrected chi connectivity index (χ0v) is 17.6. The van der Waals surface area contributed by atoms with Gasteiger partial charge in [0.1, 0.15) is 5.60 Å². The van der Waals surface area contributed by atoms with Gasteiger partial charge in [0.05, 0.1) is 11.1 Å². The van der Waals surface area contributed by atoms with Crippen LogP contribution in [-0.2, 0) is 14.4 Å². The van der Waals surface area contributed by atoms with Crippen LogP contribution in [0, 0.1) is 5.92 Å². The molecule has 1 N–H and O–H groups in total. The molecule has 1 unspecified atom stereocenters. The zero-order chi connectivity index (χ0) is 23.8. The molecule has 1 atom stereocenters. The maximum atomic E-state index is 14.2. The number of hydrogen-bond acceptors (Lipinski definition) is 6. The minimum absolute atomic E-state index is 0.0371. The van der Waals surface area contributed by atoms with Crippen molar-refractivity contribution in [3.8, 4) is 0 Å². The molecule has 1 aliphatic rings. The summed E-state index contributed by atoms with van der Waals surface area (Å²) in [5, 5.41) is 1.54. The number of hydrogen-bond donors (Lipinski definition) is 1. The number of benzene rings is 1. The van der Waals surface area contributed by atoms with Crippen molar-refractivity contribution in [3.05, 3.63) is 35.4 Å². The number of nitrogens with zero attached hydrogens (tertiary/aromatic N) is 1. The summed E-state index contributed by atoms with van der Waals surface area (Å²) >= 11 is 0. The van der Waals surface area contributed by atoms with Crippen LogP contribution in [0.3, 0.4) is 0 Å². The van der Waals surface area contributed by atoms with E-state index < -0.39 is 53.5 Å². The number of rotatable bonds is 5. The predicted molar refractivity (Wildman–Crippen MR) is 101 cm³/mol. The molecule has 11 heteroatoms. The van der Waals surface area contributed by atoms with Crippen LogP contribution in [0.2, 0.25) is 0 Å².